The average Bonchev–Trinajstić information content (AvgIpc) is 2.99. The topological polar surface area (TPSA) is 47.7 Å². The highest BCUT2D eigenvalue weighted by molar-refractivity contribution is 5.57. The number of nitrogens with zero attached hydrogens (tertiary/aromatic N) is 5. The van der Waals surface area contributed by atoms with Gasteiger partial charge >= 0.3 is 5.78 Å². The van der Waals surface area contributed by atoms with E-state index in [1.165, 1.54) is 0 Å². The van der Waals surface area contributed by atoms with Crippen LogP contribution in [0.1, 0.15) is 5.69 Å². The molecule has 0 saturated carbocycles. The minimum atomic E-state index is 0.699. The number of aryl methyl sites for hydroxylation is 1. The fourth-order valence-corrected chi connectivity index (χ4v) is 2.50. The lowest BCUT2D eigenvalue weighted by atomic mass is 10.1. The molecule has 0 unspecified atom stereocenters. The lowest BCUT2D eigenvalue weighted by molar-refractivity contribution is -0.573. The molecule has 0 aliphatic carbocycles. The average molecular weight is 288 g/mol. The largest absolute Gasteiger partial charge is 0.413 e. The lowest BCUT2D eigenvalue weighted by Crippen LogP contribution is -2.28. The summed E-state index contributed by atoms with van der Waals surface area (Å²) in [4.78, 5) is 4.60. The Bertz CT molecular complexity index is 929. The number of benzene rings is 2. The summed E-state index contributed by atoms with van der Waals surface area (Å²) in [6.45, 7) is 1.98. The molecule has 0 fully saturated rings. The smallest absolute Gasteiger partial charge is 0.108 e. The van der Waals surface area contributed by atoms with Gasteiger partial charge in [-0.2, -0.15) is 0 Å². The van der Waals surface area contributed by atoms with Crippen molar-refractivity contribution >= 4 is 5.78 Å². The van der Waals surface area contributed by atoms with E-state index in [0.29, 0.717) is 5.78 Å². The summed E-state index contributed by atoms with van der Waals surface area (Å²) in [5.41, 5.74) is 3.93. The fourth-order valence-electron chi connectivity index (χ4n) is 2.50. The van der Waals surface area contributed by atoms with Crippen molar-refractivity contribution in [2.75, 3.05) is 0 Å². The second-order valence-corrected chi connectivity index (χ2v) is 5.09. The van der Waals surface area contributed by atoms with Crippen molar-refractivity contribution in [1.29, 1.82) is 0 Å². The van der Waals surface area contributed by atoms with Crippen LogP contribution in [0.3, 0.4) is 0 Å². The molecule has 5 heteroatoms. The predicted molar refractivity (Wildman–Crippen MR) is 82.5 cm³/mol. The maximum Gasteiger partial charge on any atom is 0.413 e. The van der Waals surface area contributed by atoms with E-state index in [9.17, 15) is 0 Å². The van der Waals surface area contributed by atoms with Crippen LogP contribution in [0.15, 0.2) is 66.7 Å². The molecule has 5 nitrogen and oxygen atoms in total. The van der Waals surface area contributed by atoms with Gasteiger partial charge in [0.2, 0.25) is 0 Å². The van der Waals surface area contributed by atoms with Crippen LogP contribution in [0.25, 0.3) is 22.7 Å². The second kappa shape index (κ2) is 5.04. The highest BCUT2D eigenvalue weighted by Gasteiger charge is 2.21. The van der Waals surface area contributed by atoms with E-state index < -0.39 is 0 Å². The summed E-state index contributed by atoms with van der Waals surface area (Å²) in [6.07, 6.45) is 0. The van der Waals surface area contributed by atoms with Crippen LogP contribution in [0, 0.1) is 6.92 Å². The van der Waals surface area contributed by atoms with Crippen LogP contribution >= 0.6 is 0 Å². The third-order valence-corrected chi connectivity index (χ3v) is 3.52. The summed E-state index contributed by atoms with van der Waals surface area (Å²) in [7, 11) is 0. The minimum absolute atomic E-state index is 0.699. The van der Waals surface area contributed by atoms with Gasteiger partial charge in [0.15, 0.2) is 0 Å². The van der Waals surface area contributed by atoms with Gasteiger partial charge in [-0.05, 0) is 19.1 Å². The predicted octanol–water partition coefficient (Wildman–Crippen LogP) is 2.38. The van der Waals surface area contributed by atoms with E-state index in [1.54, 1.807) is 9.20 Å². The number of rotatable bonds is 2. The van der Waals surface area contributed by atoms with E-state index in [1.807, 2.05) is 61.5 Å². The van der Waals surface area contributed by atoms with Crippen molar-refractivity contribution in [1.82, 2.24) is 20.1 Å². The number of tetrazole rings is 1. The van der Waals surface area contributed by atoms with E-state index in [0.717, 1.165) is 22.6 Å². The first-order chi connectivity index (χ1) is 10.8. The van der Waals surface area contributed by atoms with Crippen molar-refractivity contribution < 1.29 is 4.52 Å². The zero-order chi connectivity index (χ0) is 14.9. The van der Waals surface area contributed by atoms with Gasteiger partial charge in [-0.1, -0.05) is 57.7 Å². The molecule has 0 aliphatic heterocycles. The first-order valence-corrected chi connectivity index (χ1v) is 7.09. The molecule has 22 heavy (non-hydrogen) atoms. The summed E-state index contributed by atoms with van der Waals surface area (Å²) in [5, 5.41) is 8.54. The van der Waals surface area contributed by atoms with Crippen molar-refractivity contribution in [3.63, 3.8) is 0 Å². The molecule has 0 saturated heterocycles. The van der Waals surface area contributed by atoms with E-state index in [4.69, 9.17) is 0 Å². The molecule has 2 aromatic carbocycles. The molecule has 4 aromatic rings. The first-order valence-electron chi connectivity index (χ1n) is 7.09. The third kappa shape index (κ3) is 2.03. The molecule has 0 amide bonds. The summed E-state index contributed by atoms with van der Waals surface area (Å²) in [5.74, 6) is 0.699. The standard InChI is InChI=1S/C17H14N5/c1-13-12-16(14-8-4-2-5-9-14)22-17(18-13)21(19-20-22)15-10-6-3-7-11-15/h2-12H,1H3/q+1. The number of fused-ring (bicyclic) bond motifs is 1. The van der Waals surface area contributed by atoms with Crippen LogP contribution in [0.4, 0.5) is 0 Å². The maximum absolute atomic E-state index is 4.60. The first kappa shape index (κ1) is 12.6. The summed E-state index contributed by atoms with van der Waals surface area (Å²) >= 11 is 0. The zero-order valence-electron chi connectivity index (χ0n) is 12.1. The highest BCUT2D eigenvalue weighted by atomic mass is 15.6. The van der Waals surface area contributed by atoms with E-state index in [2.05, 4.69) is 27.5 Å². The molecule has 0 N–H and O–H groups in total. The van der Waals surface area contributed by atoms with Crippen LogP contribution < -0.4 is 4.52 Å². The fraction of sp³-hybridized carbons (Fsp3) is 0.0588. The van der Waals surface area contributed by atoms with Gasteiger partial charge < -0.3 is 0 Å². The molecule has 0 spiro atoms. The van der Waals surface area contributed by atoms with Gasteiger partial charge in [0.05, 0.1) is 5.21 Å². The number of hydrogen-bond acceptors (Lipinski definition) is 3. The Hall–Kier alpha value is -3.08. The van der Waals surface area contributed by atoms with Crippen LogP contribution in [-0.2, 0) is 0 Å². The molecular weight excluding hydrogens is 274 g/mol. The molecule has 4 rings (SSSR count). The van der Waals surface area contributed by atoms with Crippen molar-refractivity contribution in [3.05, 3.63) is 72.4 Å². The zero-order valence-corrected chi connectivity index (χ0v) is 12.1. The van der Waals surface area contributed by atoms with Crippen molar-refractivity contribution in [2.45, 2.75) is 6.92 Å². The molecule has 2 heterocycles. The Balaban J connectivity index is 2.00. The van der Waals surface area contributed by atoms with Gasteiger partial charge in [-0.3, -0.25) is 0 Å². The van der Waals surface area contributed by atoms with E-state index >= 15 is 0 Å². The number of hydrogen-bond donors (Lipinski definition) is 0. The van der Waals surface area contributed by atoms with Gasteiger partial charge in [0, 0.05) is 11.6 Å². The Morgan fingerprint density at radius 2 is 1.59 bits per heavy atom. The molecular formula is C17H14N5+. The quantitative estimate of drug-likeness (QED) is 0.532. The second-order valence-electron chi connectivity index (χ2n) is 5.09. The highest BCUT2D eigenvalue weighted by Crippen LogP contribution is 2.16. The lowest BCUT2D eigenvalue weighted by Gasteiger charge is -2.00. The Morgan fingerprint density at radius 1 is 0.909 bits per heavy atom. The van der Waals surface area contributed by atoms with Crippen molar-refractivity contribution in [3.8, 4) is 16.9 Å². The van der Waals surface area contributed by atoms with Crippen LogP contribution in [0.5, 0.6) is 0 Å². The Morgan fingerprint density at radius 3 is 2.32 bits per heavy atom. The SMILES string of the molecule is Cc1cc(-c2ccccc2)[n+]2nnn(-c3ccccc3)c2n1. The van der Waals surface area contributed by atoms with Crippen LogP contribution in [-0.4, -0.2) is 20.1 Å². The number of aromatic nitrogens is 5. The van der Waals surface area contributed by atoms with Crippen molar-refractivity contribution in [2.24, 2.45) is 0 Å². The van der Waals surface area contributed by atoms with E-state index in [-0.39, 0.29) is 0 Å². The monoisotopic (exact) mass is 288 g/mol. The molecule has 0 radical (unpaired) electrons. The summed E-state index contributed by atoms with van der Waals surface area (Å²) < 4.78 is 3.52. The van der Waals surface area contributed by atoms with Gasteiger partial charge in [0.1, 0.15) is 22.3 Å². The molecule has 0 aliphatic rings. The summed E-state index contributed by atoms with van der Waals surface area (Å²) in [6, 6.07) is 22.1. The van der Waals surface area contributed by atoms with Gasteiger partial charge in [-0.25, -0.2) is 0 Å². The molecule has 0 atom stereocenters. The normalized spacial score (nSPS) is 11.0. The van der Waals surface area contributed by atoms with Crippen LogP contribution in [0.2, 0.25) is 0 Å². The Labute approximate surface area is 127 Å². The minimum Gasteiger partial charge on any atom is -0.108 e. The Kier molecular flexibility index (Phi) is 2.89. The van der Waals surface area contributed by atoms with Gasteiger partial charge in [0.25, 0.3) is 0 Å². The molecule has 0 bridgehead atoms. The third-order valence-electron chi connectivity index (χ3n) is 3.52. The number of para-hydroxylation sites is 1. The molecule has 2 aromatic heterocycles. The molecule has 106 valence electrons. The maximum atomic E-state index is 4.60. The van der Waals surface area contributed by atoms with Gasteiger partial charge in [-0.15, -0.1) is 4.98 Å².